The summed E-state index contributed by atoms with van der Waals surface area (Å²) in [5.74, 6) is 2.31. The van der Waals surface area contributed by atoms with Gasteiger partial charge in [-0.2, -0.15) is 0 Å². The van der Waals surface area contributed by atoms with Crippen LogP contribution in [0.2, 0.25) is 0 Å². The summed E-state index contributed by atoms with van der Waals surface area (Å²) in [4.78, 5) is 22.0. The number of aldehydes is 1. The number of hydrogen-bond donors (Lipinski definition) is 1. The molecule has 0 aliphatic rings. The summed E-state index contributed by atoms with van der Waals surface area (Å²) >= 11 is 3.24. The summed E-state index contributed by atoms with van der Waals surface area (Å²) in [6.07, 6.45) is 5.66. The summed E-state index contributed by atoms with van der Waals surface area (Å²) in [7, 11) is 0. The lowest BCUT2D eigenvalue weighted by Crippen LogP contribution is -2.29. The lowest BCUT2D eigenvalue weighted by molar-refractivity contribution is -0.122. The highest BCUT2D eigenvalue weighted by atomic mass is 79.9. The van der Waals surface area contributed by atoms with Gasteiger partial charge in [0, 0.05) is 4.47 Å². The minimum absolute atomic E-state index is 0.156. The normalized spacial score (nSPS) is 9.18. The zero-order valence-electron chi connectivity index (χ0n) is 8.90. The van der Waals surface area contributed by atoms with Gasteiger partial charge in [0.15, 0.2) is 12.9 Å². The molecule has 0 heterocycles. The second-order valence-electron chi connectivity index (χ2n) is 3.07. The molecule has 0 aromatic heterocycles. The molecule has 0 saturated carbocycles. The van der Waals surface area contributed by atoms with Gasteiger partial charge >= 0.3 is 0 Å². The first-order valence-corrected chi connectivity index (χ1v) is 5.54. The molecular weight excluding hydrogens is 286 g/mol. The molecule has 5 heteroatoms. The van der Waals surface area contributed by atoms with Gasteiger partial charge in [-0.05, 0) is 18.2 Å². The standard InChI is InChI=1S/C12H10BrNO3/c1-2-5-14-12(16)8-17-11-4-3-10(13)6-9(11)7-15/h1,3-4,6-7H,5,8H2,(H,14,16). The minimum atomic E-state index is -0.331. The first-order valence-electron chi connectivity index (χ1n) is 4.75. The average molecular weight is 296 g/mol. The van der Waals surface area contributed by atoms with Crippen LogP contribution in [0.4, 0.5) is 0 Å². The molecule has 0 unspecified atom stereocenters. The summed E-state index contributed by atoms with van der Waals surface area (Å²) in [6, 6.07) is 4.95. The van der Waals surface area contributed by atoms with Gasteiger partial charge in [0.25, 0.3) is 5.91 Å². The van der Waals surface area contributed by atoms with Gasteiger partial charge in [0.2, 0.25) is 0 Å². The molecule has 1 aromatic carbocycles. The van der Waals surface area contributed by atoms with Gasteiger partial charge in [-0.3, -0.25) is 9.59 Å². The topological polar surface area (TPSA) is 55.4 Å². The second kappa shape index (κ2) is 6.71. The first kappa shape index (κ1) is 13.3. The highest BCUT2D eigenvalue weighted by Crippen LogP contribution is 2.21. The van der Waals surface area contributed by atoms with Gasteiger partial charge in [-0.25, -0.2) is 0 Å². The molecule has 0 bridgehead atoms. The Balaban J connectivity index is 2.60. The fourth-order valence-electron chi connectivity index (χ4n) is 1.09. The average Bonchev–Trinajstić information content (AvgIpc) is 2.34. The lowest BCUT2D eigenvalue weighted by atomic mass is 10.2. The van der Waals surface area contributed by atoms with Crippen LogP contribution in [-0.4, -0.2) is 25.3 Å². The van der Waals surface area contributed by atoms with Crippen LogP contribution in [0.25, 0.3) is 0 Å². The van der Waals surface area contributed by atoms with E-state index in [0.29, 0.717) is 17.6 Å². The Labute approximate surface area is 107 Å². The Hall–Kier alpha value is -1.80. The van der Waals surface area contributed by atoms with Crippen LogP contribution in [0.15, 0.2) is 22.7 Å². The number of benzene rings is 1. The fourth-order valence-corrected chi connectivity index (χ4v) is 1.47. The van der Waals surface area contributed by atoms with E-state index in [2.05, 4.69) is 27.2 Å². The second-order valence-corrected chi connectivity index (χ2v) is 3.99. The highest BCUT2D eigenvalue weighted by Gasteiger charge is 2.06. The molecule has 88 valence electrons. The van der Waals surface area contributed by atoms with Crippen molar-refractivity contribution in [1.82, 2.24) is 5.32 Å². The molecule has 1 aromatic rings. The maximum Gasteiger partial charge on any atom is 0.258 e. The van der Waals surface area contributed by atoms with E-state index in [-0.39, 0.29) is 19.1 Å². The molecule has 0 aliphatic carbocycles. The van der Waals surface area contributed by atoms with E-state index in [1.807, 2.05) is 0 Å². The molecule has 17 heavy (non-hydrogen) atoms. The molecule has 1 amide bonds. The predicted octanol–water partition coefficient (Wildman–Crippen LogP) is 1.39. The molecular formula is C12H10BrNO3. The van der Waals surface area contributed by atoms with Crippen molar-refractivity contribution >= 4 is 28.1 Å². The summed E-state index contributed by atoms with van der Waals surface area (Å²) in [5.41, 5.74) is 0.379. The third-order valence-corrected chi connectivity index (χ3v) is 2.34. The van der Waals surface area contributed by atoms with Gasteiger partial charge in [0.05, 0.1) is 12.1 Å². The van der Waals surface area contributed by atoms with Crippen LogP contribution < -0.4 is 10.1 Å². The Morgan fingerprint density at radius 2 is 2.35 bits per heavy atom. The highest BCUT2D eigenvalue weighted by molar-refractivity contribution is 9.10. The number of rotatable bonds is 5. The molecule has 0 radical (unpaired) electrons. The van der Waals surface area contributed by atoms with Crippen molar-refractivity contribution < 1.29 is 14.3 Å². The monoisotopic (exact) mass is 295 g/mol. The van der Waals surface area contributed by atoms with Crippen molar-refractivity contribution in [3.05, 3.63) is 28.2 Å². The van der Waals surface area contributed by atoms with Crippen molar-refractivity contribution in [3.63, 3.8) is 0 Å². The van der Waals surface area contributed by atoms with Crippen LogP contribution in [0.1, 0.15) is 10.4 Å². The molecule has 0 spiro atoms. The third-order valence-electron chi connectivity index (χ3n) is 1.85. The minimum Gasteiger partial charge on any atom is -0.483 e. The predicted molar refractivity (Wildman–Crippen MR) is 66.9 cm³/mol. The van der Waals surface area contributed by atoms with Gasteiger partial charge in [-0.15, -0.1) is 6.42 Å². The van der Waals surface area contributed by atoms with Crippen molar-refractivity contribution in [2.75, 3.05) is 13.2 Å². The van der Waals surface area contributed by atoms with E-state index in [1.165, 1.54) is 0 Å². The van der Waals surface area contributed by atoms with Gasteiger partial charge in [0.1, 0.15) is 5.75 Å². The van der Waals surface area contributed by atoms with E-state index in [9.17, 15) is 9.59 Å². The quantitative estimate of drug-likeness (QED) is 0.660. The summed E-state index contributed by atoms with van der Waals surface area (Å²) < 4.78 is 5.98. The van der Waals surface area contributed by atoms with Crippen molar-refractivity contribution in [2.24, 2.45) is 0 Å². The third kappa shape index (κ3) is 4.29. The number of nitrogens with one attached hydrogen (secondary N) is 1. The summed E-state index contributed by atoms with van der Waals surface area (Å²) in [5, 5.41) is 2.45. The number of halogens is 1. The van der Waals surface area contributed by atoms with E-state index < -0.39 is 0 Å². The van der Waals surface area contributed by atoms with E-state index in [4.69, 9.17) is 11.2 Å². The SMILES string of the molecule is C#CCNC(=O)COc1ccc(Br)cc1C=O. The number of amides is 1. The van der Waals surface area contributed by atoms with Gasteiger partial charge in [-0.1, -0.05) is 21.9 Å². The molecule has 1 N–H and O–H groups in total. The van der Waals surface area contributed by atoms with E-state index >= 15 is 0 Å². The smallest absolute Gasteiger partial charge is 0.258 e. The summed E-state index contributed by atoms with van der Waals surface area (Å²) in [6.45, 7) is -0.0206. The maximum absolute atomic E-state index is 11.2. The maximum atomic E-state index is 11.2. The van der Waals surface area contributed by atoms with Crippen molar-refractivity contribution in [2.45, 2.75) is 0 Å². The number of hydrogen-bond acceptors (Lipinski definition) is 3. The van der Waals surface area contributed by atoms with E-state index in [0.717, 1.165) is 4.47 Å². The molecule has 0 saturated heterocycles. The zero-order chi connectivity index (χ0) is 12.7. The number of carbonyl (C=O) groups is 2. The number of carbonyl (C=O) groups excluding carboxylic acids is 2. The molecule has 4 nitrogen and oxygen atoms in total. The van der Waals surface area contributed by atoms with E-state index in [1.54, 1.807) is 18.2 Å². The van der Waals surface area contributed by atoms with Crippen LogP contribution in [-0.2, 0) is 4.79 Å². The Bertz CT molecular complexity index is 465. The van der Waals surface area contributed by atoms with Crippen LogP contribution in [0, 0.1) is 12.3 Å². The molecule has 0 atom stereocenters. The number of terminal acetylenes is 1. The van der Waals surface area contributed by atoms with Crippen LogP contribution in [0.5, 0.6) is 5.75 Å². The Morgan fingerprint density at radius 3 is 3.00 bits per heavy atom. The van der Waals surface area contributed by atoms with Crippen molar-refractivity contribution in [1.29, 1.82) is 0 Å². The van der Waals surface area contributed by atoms with Crippen molar-refractivity contribution in [3.8, 4) is 18.1 Å². The van der Waals surface area contributed by atoms with Crippen LogP contribution >= 0.6 is 15.9 Å². The first-order chi connectivity index (χ1) is 8.17. The largest absolute Gasteiger partial charge is 0.483 e. The fraction of sp³-hybridized carbons (Fsp3) is 0.167. The van der Waals surface area contributed by atoms with Crippen LogP contribution in [0.3, 0.4) is 0 Å². The Kier molecular flexibility index (Phi) is 5.24. The zero-order valence-corrected chi connectivity index (χ0v) is 10.5. The molecule has 0 fully saturated rings. The molecule has 1 rings (SSSR count). The van der Waals surface area contributed by atoms with Gasteiger partial charge < -0.3 is 10.1 Å². The Morgan fingerprint density at radius 1 is 1.59 bits per heavy atom. The number of ether oxygens (including phenoxy) is 1. The lowest BCUT2D eigenvalue weighted by Gasteiger charge is -2.08. The molecule has 0 aliphatic heterocycles.